The van der Waals surface area contributed by atoms with Gasteiger partial charge in [-0.15, -0.1) is 0 Å². The molecule has 0 saturated carbocycles. The van der Waals surface area contributed by atoms with Crippen LogP contribution in [0.5, 0.6) is 0 Å². The van der Waals surface area contributed by atoms with Crippen LogP contribution in [-0.4, -0.2) is 24.6 Å². The molecule has 292 valence electrons. The van der Waals surface area contributed by atoms with Crippen molar-refractivity contribution in [1.82, 2.24) is 0 Å². The molecule has 4 heteroatoms. The van der Waals surface area contributed by atoms with Crippen LogP contribution in [0.15, 0.2) is 0 Å². The maximum absolute atomic E-state index is 12.6. The Morgan fingerprint density at radius 1 is 0.408 bits per heavy atom. The molecule has 0 saturated heterocycles. The van der Waals surface area contributed by atoms with Gasteiger partial charge >= 0.3 is 11.9 Å². The molecule has 0 aromatic carbocycles. The first-order valence-electron chi connectivity index (χ1n) is 22.1. The van der Waals surface area contributed by atoms with Gasteiger partial charge in [-0.25, -0.2) is 0 Å². The van der Waals surface area contributed by atoms with E-state index in [-0.39, 0.29) is 30.1 Å². The van der Waals surface area contributed by atoms with Gasteiger partial charge in [-0.1, -0.05) is 227 Å². The van der Waals surface area contributed by atoms with Crippen LogP contribution < -0.4 is 0 Å². The van der Waals surface area contributed by atoms with Crippen LogP contribution in [0.3, 0.4) is 0 Å². The van der Waals surface area contributed by atoms with Crippen molar-refractivity contribution in [2.75, 3.05) is 6.61 Å². The summed E-state index contributed by atoms with van der Waals surface area (Å²) in [6, 6.07) is 0. The predicted octanol–water partition coefficient (Wildman–Crippen LogP) is 15.2. The summed E-state index contributed by atoms with van der Waals surface area (Å²) in [5.74, 6) is -0.299. The van der Waals surface area contributed by atoms with Crippen LogP contribution in [0.4, 0.5) is 0 Å². The second-order valence-corrected chi connectivity index (χ2v) is 16.7. The van der Waals surface area contributed by atoms with E-state index in [2.05, 4.69) is 34.6 Å². The molecule has 0 fully saturated rings. The summed E-state index contributed by atoms with van der Waals surface area (Å²) in [7, 11) is 0. The number of ether oxygens (including phenoxy) is 2. The van der Waals surface area contributed by atoms with Gasteiger partial charge in [-0.2, -0.15) is 0 Å². The van der Waals surface area contributed by atoms with Gasteiger partial charge in [0.25, 0.3) is 0 Å². The summed E-state index contributed by atoms with van der Waals surface area (Å²) in [4.78, 5) is 25.0. The zero-order valence-corrected chi connectivity index (χ0v) is 34.2. The average molecular weight is 693 g/mol. The average Bonchev–Trinajstić information content (AvgIpc) is 3.06. The highest BCUT2D eigenvalue weighted by molar-refractivity contribution is 5.70. The first-order chi connectivity index (χ1) is 23.8. The van der Waals surface area contributed by atoms with Gasteiger partial charge in [0.05, 0.1) is 0 Å². The minimum atomic E-state index is -0.358. The molecule has 0 aromatic heterocycles. The lowest BCUT2D eigenvalue weighted by Gasteiger charge is -2.25. The maximum atomic E-state index is 12.6. The lowest BCUT2D eigenvalue weighted by atomic mass is 9.89. The molecule has 1 unspecified atom stereocenters. The molecule has 0 amide bonds. The van der Waals surface area contributed by atoms with Crippen molar-refractivity contribution in [2.45, 2.75) is 265 Å². The van der Waals surface area contributed by atoms with E-state index < -0.39 is 0 Å². The van der Waals surface area contributed by atoms with E-state index in [4.69, 9.17) is 9.47 Å². The number of esters is 2. The van der Waals surface area contributed by atoms with Crippen molar-refractivity contribution in [3.8, 4) is 0 Å². The Kier molecular flexibility index (Phi) is 35.9. The van der Waals surface area contributed by atoms with Crippen molar-refractivity contribution >= 4 is 11.9 Å². The van der Waals surface area contributed by atoms with Crippen molar-refractivity contribution in [1.29, 1.82) is 0 Å². The summed E-state index contributed by atoms with van der Waals surface area (Å²) in [5, 5.41) is 0. The number of carbonyl (C=O) groups is 2. The SMILES string of the molecule is CCCCCCCCCCCCCCCCCCC(=O)OCC(CC(C)(C)C)OC(=O)CCCCCCCCCCCCCCCCCC. The molecule has 0 aliphatic carbocycles. The summed E-state index contributed by atoms with van der Waals surface area (Å²) in [6.07, 6.45) is 43.6. The number of unbranched alkanes of at least 4 members (excludes halogenated alkanes) is 30. The fraction of sp³-hybridized carbons (Fsp3) is 0.956. The molecular formula is C45H88O4. The summed E-state index contributed by atoms with van der Waals surface area (Å²) >= 11 is 0. The second kappa shape index (κ2) is 36.7. The van der Waals surface area contributed by atoms with E-state index in [1.807, 2.05) is 0 Å². The van der Waals surface area contributed by atoms with E-state index in [0.717, 1.165) is 25.7 Å². The first kappa shape index (κ1) is 47.9. The summed E-state index contributed by atoms with van der Waals surface area (Å²) < 4.78 is 11.4. The number of carbonyl (C=O) groups excluding carboxylic acids is 2. The first-order valence-corrected chi connectivity index (χ1v) is 22.1. The lowest BCUT2D eigenvalue weighted by molar-refractivity contribution is -0.161. The van der Waals surface area contributed by atoms with Gasteiger partial charge < -0.3 is 9.47 Å². The Morgan fingerprint density at radius 2 is 0.673 bits per heavy atom. The summed E-state index contributed by atoms with van der Waals surface area (Å²) in [6.45, 7) is 11.2. The van der Waals surface area contributed by atoms with Crippen LogP contribution in [0.25, 0.3) is 0 Å². The van der Waals surface area contributed by atoms with Crippen molar-refractivity contribution in [3.05, 3.63) is 0 Å². The Balaban J connectivity index is 3.78. The molecule has 0 N–H and O–H groups in total. The highest BCUT2D eigenvalue weighted by Gasteiger charge is 2.23. The number of hydrogen-bond acceptors (Lipinski definition) is 4. The largest absolute Gasteiger partial charge is 0.462 e. The van der Waals surface area contributed by atoms with Gasteiger partial charge in [0.15, 0.2) is 0 Å². The van der Waals surface area contributed by atoms with Gasteiger partial charge in [-0.05, 0) is 24.7 Å². The van der Waals surface area contributed by atoms with Crippen LogP contribution in [0.1, 0.15) is 259 Å². The number of rotatable bonds is 38. The number of hydrogen-bond donors (Lipinski definition) is 0. The lowest BCUT2D eigenvalue weighted by Crippen LogP contribution is -2.29. The Hall–Kier alpha value is -1.06. The predicted molar refractivity (Wildman–Crippen MR) is 213 cm³/mol. The fourth-order valence-corrected chi connectivity index (χ4v) is 6.96. The van der Waals surface area contributed by atoms with Gasteiger partial charge in [0.1, 0.15) is 12.7 Å². The molecule has 4 nitrogen and oxygen atoms in total. The quantitative estimate of drug-likeness (QED) is 0.0477. The van der Waals surface area contributed by atoms with Crippen molar-refractivity contribution < 1.29 is 19.1 Å². The van der Waals surface area contributed by atoms with Gasteiger partial charge in [0, 0.05) is 12.8 Å². The van der Waals surface area contributed by atoms with Crippen molar-refractivity contribution in [2.24, 2.45) is 5.41 Å². The van der Waals surface area contributed by atoms with Crippen molar-refractivity contribution in [3.63, 3.8) is 0 Å². The molecule has 1 atom stereocenters. The molecule has 0 aliphatic heterocycles. The molecule has 0 aromatic rings. The molecular weight excluding hydrogens is 604 g/mol. The summed E-state index contributed by atoms with van der Waals surface area (Å²) in [5.41, 5.74) is -0.000510. The van der Waals surface area contributed by atoms with Gasteiger partial charge in [0.2, 0.25) is 0 Å². The highest BCUT2D eigenvalue weighted by Crippen LogP contribution is 2.24. The molecule has 0 rings (SSSR count). The fourth-order valence-electron chi connectivity index (χ4n) is 6.96. The van der Waals surface area contributed by atoms with Crippen LogP contribution in [0.2, 0.25) is 0 Å². The monoisotopic (exact) mass is 693 g/mol. The molecule has 0 spiro atoms. The van der Waals surface area contributed by atoms with E-state index in [9.17, 15) is 9.59 Å². The zero-order valence-electron chi connectivity index (χ0n) is 34.2. The van der Waals surface area contributed by atoms with E-state index in [0.29, 0.717) is 19.3 Å². The zero-order chi connectivity index (χ0) is 36.1. The second-order valence-electron chi connectivity index (χ2n) is 16.7. The Bertz CT molecular complexity index is 697. The third kappa shape index (κ3) is 39.6. The van der Waals surface area contributed by atoms with Crippen LogP contribution in [0, 0.1) is 5.41 Å². The molecule has 0 radical (unpaired) electrons. The molecule has 0 aliphatic rings. The maximum Gasteiger partial charge on any atom is 0.306 e. The third-order valence-corrected chi connectivity index (χ3v) is 10.0. The van der Waals surface area contributed by atoms with E-state index in [1.165, 1.54) is 180 Å². The third-order valence-electron chi connectivity index (χ3n) is 10.0. The van der Waals surface area contributed by atoms with Gasteiger partial charge in [-0.3, -0.25) is 9.59 Å². The Labute approximate surface area is 307 Å². The Morgan fingerprint density at radius 3 is 0.959 bits per heavy atom. The smallest absolute Gasteiger partial charge is 0.306 e. The van der Waals surface area contributed by atoms with E-state index >= 15 is 0 Å². The molecule has 0 heterocycles. The topological polar surface area (TPSA) is 52.6 Å². The molecule has 49 heavy (non-hydrogen) atoms. The minimum Gasteiger partial charge on any atom is -0.462 e. The van der Waals surface area contributed by atoms with Crippen LogP contribution in [-0.2, 0) is 19.1 Å². The van der Waals surface area contributed by atoms with Crippen LogP contribution >= 0.6 is 0 Å². The standard InChI is InChI=1S/C45H88O4/c1-6-8-10-12-14-16-18-20-22-24-26-28-30-32-34-36-38-43(46)48-41-42(40-45(3,4)5)49-44(47)39-37-35-33-31-29-27-25-23-21-19-17-15-13-11-9-7-2/h42H,6-41H2,1-5H3. The normalized spacial score (nSPS) is 12.3. The minimum absolute atomic E-state index is 0.000510. The molecule has 0 bridgehead atoms. The highest BCUT2D eigenvalue weighted by atomic mass is 16.6. The van der Waals surface area contributed by atoms with E-state index in [1.54, 1.807) is 0 Å².